The van der Waals surface area contributed by atoms with Crippen molar-refractivity contribution in [3.63, 3.8) is 0 Å². The van der Waals surface area contributed by atoms with Crippen LogP contribution in [0.1, 0.15) is 45.5 Å². The monoisotopic (exact) mass is 461 g/mol. The molecular weight excluding hydrogens is 433 g/mol. The maximum absolute atomic E-state index is 15.6. The van der Waals surface area contributed by atoms with E-state index < -0.39 is 5.97 Å². The number of fused-ring (bicyclic) bond motifs is 1. The molecule has 2 aliphatic rings. The van der Waals surface area contributed by atoms with Crippen molar-refractivity contribution in [2.45, 2.75) is 45.6 Å². The Kier molecular flexibility index (Phi) is 6.61. The maximum atomic E-state index is 15.6. The van der Waals surface area contributed by atoms with E-state index in [4.69, 9.17) is 14.2 Å². The molecule has 0 aromatic heterocycles. The molecule has 5 rings (SSSR count). The lowest BCUT2D eigenvalue weighted by Gasteiger charge is -2.19. The first-order valence-electron chi connectivity index (χ1n) is 11.7. The van der Waals surface area contributed by atoms with Crippen LogP contribution in [0.15, 0.2) is 60.7 Å². The highest BCUT2D eigenvalue weighted by atomic mass is 19.1. The summed E-state index contributed by atoms with van der Waals surface area (Å²) >= 11 is 0. The first-order valence-corrected chi connectivity index (χ1v) is 11.7. The van der Waals surface area contributed by atoms with Crippen LogP contribution in [0.25, 0.3) is 0 Å². The summed E-state index contributed by atoms with van der Waals surface area (Å²) in [6, 6.07) is 18.5. The molecule has 34 heavy (non-hydrogen) atoms. The number of carbonyl (C=O) groups excluding carboxylic acids is 1. The molecule has 3 aromatic carbocycles. The van der Waals surface area contributed by atoms with Crippen molar-refractivity contribution >= 4 is 5.97 Å². The number of ether oxygens (including phenoxy) is 3. The minimum absolute atomic E-state index is 0.148. The number of rotatable bonds is 7. The number of esters is 1. The maximum Gasteiger partial charge on any atom is 0.347 e. The van der Waals surface area contributed by atoms with E-state index in [9.17, 15) is 4.79 Å². The Hall–Kier alpha value is -3.22. The number of hydrogen-bond donors (Lipinski definition) is 0. The van der Waals surface area contributed by atoms with Crippen LogP contribution in [-0.2, 0) is 24.4 Å². The van der Waals surface area contributed by atoms with E-state index in [1.165, 1.54) is 0 Å². The second-order valence-corrected chi connectivity index (χ2v) is 8.88. The molecule has 0 saturated carbocycles. The van der Waals surface area contributed by atoms with Gasteiger partial charge in [0.15, 0.2) is 0 Å². The predicted octanol–water partition coefficient (Wildman–Crippen LogP) is 5.43. The van der Waals surface area contributed by atoms with Gasteiger partial charge >= 0.3 is 5.97 Å². The van der Waals surface area contributed by atoms with Gasteiger partial charge in [0, 0.05) is 42.9 Å². The molecule has 0 amide bonds. The van der Waals surface area contributed by atoms with Crippen LogP contribution < -0.4 is 9.47 Å². The molecule has 6 heteroatoms. The van der Waals surface area contributed by atoms with Gasteiger partial charge in [-0.2, -0.15) is 0 Å². The summed E-state index contributed by atoms with van der Waals surface area (Å²) in [5.74, 6) is -0.168. The van der Waals surface area contributed by atoms with Gasteiger partial charge in [-0.05, 0) is 37.5 Å². The topological polar surface area (TPSA) is 48.0 Å². The van der Waals surface area contributed by atoms with Gasteiger partial charge in [-0.3, -0.25) is 4.90 Å². The zero-order valence-electron chi connectivity index (χ0n) is 19.3. The average molecular weight is 462 g/mol. The third-order valence-electron chi connectivity index (χ3n) is 6.47. The van der Waals surface area contributed by atoms with Crippen molar-refractivity contribution in [2.75, 3.05) is 13.2 Å². The average Bonchev–Trinajstić information content (AvgIpc) is 3.52. The zero-order valence-corrected chi connectivity index (χ0v) is 19.3. The molecule has 1 fully saturated rings. The molecule has 0 N–H and O–H groups in total. The van der Waals surface area contributed by atoms with E-state index in [1.807, 2.05) is 36.4 Å². The zero-order chi connectivity index (χ0) is 23.5. The molecule has 0 bridgehead atoms. The van der Waals surface area contributed by atoms with Gasteiger partial charge in [0.25, 0.3) is 0 Å². The number of benzene rings is 3. The quantitative estimate of drug-likeness (QED) is 0.347. The third kappa shape index (κ3) is 4.69. The minimum atomic E-state index is -0.619. The van der Waals surface area contributed by atoms with Crippen LogP contribution in [0.5, 0.6) is 11.5 Å². The van der Waals surface area contributed by atoms with Crippen LogP contribution in [0.3, 0.4) is 0 Å². The summed E-state index contributed by atoms with van der Waals surface area (Å²) in [6.07, 6.45) is 2.23. The highest BCUT2D eigenvalue weighted by Crippen LogP contribution is 2.40. The standard InChI is InChI=1S/C28H28FNO4/c1-19-25(28(31)34-21-11-6-3-7-12-21)27(33-18-20-9-4-2-5-10-20)24-17-30(16-23(24)26(19)29)15-22-13-8-14-32-22/h2-7,9-12,22H,8,13-18H2,1H3/t22-/m1/s1. The Balaban J connectivity index is 1.49. The normalized spacial score (nSPS) is 17.5. The van der Waals surface area contributed by atoms with E-state index in [-0.39, 0.29) is 29.7 Å². The van der Waals surface area contributed by atoms with Crippen molar-refractivity contribution in [2.24, 2.45) is 0 Å². The molecule has 0 unspecified atom stereocenters. The predicted molar refractivity (Wildman–Crippen MR) is 126 cm³/mol. The van der Waals surface area contributed by atoms with E-state index in [0.717, 1.165) is 37.1 Å². The molecular formula is C28H28FNO4. The summed E-state index contributed by atoms with van der Waals surface area (Å²) in [4.78, 5) is 15.4. The molecule has 5 nitrogen and oxygen atoms in total. The second kappa shape index (κ2) is 9.95. The first kappa shape index (κ1) is 22.6. The molecule has 2 aliphatic heterocycles. The number of para-hydroxylation sites is 1. The van der Waals surface area contributed by atoms with Gasteiger partial charge in [0.05, 0.1) is 6.10 Å². The van der Waals surface area contributed by atoms with Crippen LogP contribution in [0, 0.1) is 12.7 Å². The van der Waals surface area contributed by atoms with Crippen LogP contribution in [0.2, 0.25) is 0 Å². The highest BCUT2D eigenvalue weighted by Gasteiger charge is 2.34. The van der Waals surface area contributed by atoms with Gasteiger partial charge in [-0.15, -0.1) is 0 Å². The number of carbonyl (C=O) groups is 1. The lowest BCUT2D eigenvalue weighted by molar-refractivity contribution is 0.0713. The fourth-order valence-corrected chi connectivity index (χ4v) is 4.75. The Morgan fingerprint density at radius 3 is 2.47 bits per heavy atom. The summed E-state index contributed by atoms with van der Waals surface area (Å²) in [7, 11) is 0. The molecule has 0 aliphatic carbocycles. The summed E-state index contributed by atoms with van der Waals surface area (Å²) in [5, 5.41) is 0. The smallest absolute Gasteiger partial charge is 0.347 e. The van der Waals surface area contributed by atoms with Gasteiger partial charge in [-0.25, -0.2) is 9.18 Å². The van der Waals surface area contributed by atoms with Gasteiger partial charge in [0.2, 0.25) is 0 Å². The van der Waals surface area contributed by atoms with Crippen molar-refractivity contribution in [1.82, 2.24) is 4.90 Å². The van der Waals surface area contributed by atoms with E-state index in [1.54, 1.807) is 31.2 Å². The fraction of sp³-hybridized carbons (Fsp3) is 0.321. The Bertz CT molecular complexity index is 1160. The van der Waals surface area contributed by atoms with Crippen molar-refractivity contribution in [1.29, 1.82) is 0 Å². The lowest BCUT2D eigenvalue weighted by atomic mass is 9.98. The van der Waals surface area contributed by atoms with Gasteiger partial charge in [0.1, 0.15) is 29.5 Å². The van der Waals surface area contributed by atoms with Gasteiger partial charge in [-0.1, -0.05) is 48.5 Å². The highest BCUT2D eigenvalue weighted by molar-refractivity contribution is 5.96. The van der Waals surface area contributed by atoms with Crippen LogP contribution in [0.4, 0.5) is 4.39 Å². The Morgan fingerprint density at radius 2 is 1.76 bits per heavy atom. The molecule has 1 atom stereocenters. The first-order chi connectivity index (χ1) is 16.6. The Labute approximate surface area is 199 Å². The van der Waals surface area contributed by atoms with Crippen LogP contribution >= 0.6 is 0 Å². The number of hydrogen-bond acceptors (Lipinski definition) is 5. The molecule has 1 saturated heterocycles. The van der Waals surface area contributed by atoms with E-state index in [0.29, 0.717) is 30.2 Å². The van der Waals surface area contributed by atoms with Gasteiger partial charge < -0.3 is 14.2 Å². The lowest BCUT2D eigenvalue weighted by Crippen LogP contribution is -2.27. The summed E-state index contributed by atoms with van der Waals surface area (Å²) < 4.78 is 33.2. The summed E-state index contributed by atoms with van der Waals surface area (Å²) in [6.45, 7) is 4.37. The fourth-order valence-electron chi connectivity index (χ4n) is 4.75. The van der Waals surface area contributed by atoms with E-state index >= 15 is 4.39 Å². The largest absolute Gasteiger partial charge is 0.488 e. The minimum Gasteiger partial charge on any atom is -0.488 e. The number of nitrogens with zero attached hydrogens (tertiary/aromatic N) is 1. The van der Waals surface area contributed by atoms with Crippen molar-refractivity contribution in [3.8, 4) is 11.5 Å². The van der Waals surface area contributed by atoms with Crippen molar-refractivity contribution < 1.29 is 23.4 Å². The molecule has 0 radical (unpaired) electrons. The van der Waals surface area contributed by atoms with Crippen LogP contribution in [-0.4, -0.2) is 30.1 Å². The summed E-state index contributed by atoms with van der Waals surface area (Å²) in [5.41, 5.74) is 2.68. The SMILES string of the molecule is Cc1c(F)c2c(c(OCc3ccccc3)c1C(=O)Oc1ccccc1)CN(C[C@H]1CCCO1)C2. The Morgan fingerprint density at radius 1 is 1.06 bits per heavy atom. The third-order valence-corrected chi connectivity index (χ3v) is 6.47. The second-order valence-electron chi connectivity index (χ2n) is 8.88. The molecule has 176 valence electrons. The van der Waals surface area contributed by atoms with Crippen molar-refractivity contribution in [3.05, 3.63) is 94.3 Å². The molecule has 3 aromatic rings. The molecule has 0 spiro atoms. The number of halogens is 1. The van der Waals surface area contributed by atoms with E-state index in [2.05, 4.69) is 4.90 Å². The molecule has 2 heterocycles.